The van der Waals surface area contributed by atoms with Crippen LogP contribution in [0.3, 0.4) is 0 Å². The second-order valence-corrected chi connectivity index (χ2v) is 6.23. The van der Waals surface area contributed by atoms with E-state index in [1.807, 2.05) is 0 Å². The van der Waals surface area contributed by atoms with Gasteiger partial charge in [0, 0.05) is 0 Å². The van der Waals surface area contributed by atoms with E-state index < -0.39 is 0 Å². The van der Waals surface area contributed by atoms with Crippen LogP contribution in [0.4, 0.5) is 0 Å². The van der Waals surface area contributed by atoms with Crippen molar-refractivity contribution in [3.05, 3.63) is 13.8 Å². The Balaban J connectivity index is 0. The quantitative estimate of drug-likeness (QED) is 0.488. The third-order valence-corrected chi connectivity index (χ3v) is 3.02. The maximum Gasteiger partial charge on any atom is 1.00 e. The van der Waals surface area contributed by atoms with Crippen molar-refractivity contribution in [3.8, 4) is 0 Å². The molecule has 80 valence electrons. The minimum absolute atomic E-state index is 0. The molecular weight excluding hydrogens is 195 g/mol. The van der Waals surface area contributed by atoms with Crippen LogP contribution in [0.25, 0.3) is 0 Å². The third-order valence-electron chi connectivity index (χ3n) is 3.02. The molecule has 0 amide bonds. The average Bonchev–Trinajstić information content (AvgIpc) is 1.83. The van der Waals surface area contributed by atoms with Crippen molar-refractivity contribution in [2.24, 2.45) is 22.7 Å². The van der Waals surface area contributed by atoms with Crippen molar-refractivity contribution in [2.45, 2.75) is 48.0 Å². The molecule has 0 aliphatic carbocycles. The van der Waals surface area contributed by atoms with Crippen molar-refractivity contribution in [2.75, 3.05) is 0 Å². The Hall–Kier alpha value is 1.64. The van der Waals surface area contributed by atoms with Gasteiger partial charge in [0.25, 0.3) is 0 Å². The molecule has 2 unspecified atom stereocenters. The van der Waals surface area contributed by atoms with Crippen LogP contribution in [0.1, 0.15) is 48.0 Å². The summed E-state index contributed by atoms with van der Waals surface area (Å²) in [6.07, 6.45) is 0.981. The van der Waals surface area contributed by atoms with Crippen molar-refractivity contribution in [1.82, 2.24) is 0 Å². The first kappa shape index (κ1) is 18.0. The van der Waals surface area contributed by atoms with Gasteiger partial charge in [-0.25, -0.2) is 0 Å². The zero-order valence-electron chi connectivity index (χ0n) is 11.3. The Morgan fingerprint density at radius 2 is 1.29 bits per heavy atom. The molecule has 0 aromatic rings. The summed E-state index contributed by atoms with van der Waals surface area (Å²) in [5.41, 5.74) is 0.608. The van der Waals surface area contributed by atoms with Gasteiger partial charge >= 0.3 is 51.4 Å². The SMILES string of the molecule is [CH2-]CC(C([CH2-])C(C)(C)C)C(C)(C)C.[K+]. The maximum absolute atomic E-state index is 4.31. The van der Waals surface area contributed by atoms with Crippen LogP contribution in [0.5, 0.6) is 0 Å². The molecule has 0 aromatic carbocycles. The first-order chi connectivity index (χ1) is 5.60. The second kappa shape index (κ2) is 6.39. The van der Waals surface area contributed by atoms with E-state index in [-0.39, 0.29) is 56.8 Å². The van der Waals surface area contributed by atoms with Crippen molar-refractivity contribution in [3.63, 3.8) is 0 Å². The molecule has 0 bridgehead atoms. The molecule has 0 aliphatic rings. The Morgan fingerprint density at radius 1 is 0.929 bits per heavy atom. The van der Waals surface area contributed by atoms with E-state index in [0.29, 0.717) is 17.3 Å². The second-order valence-electron chi connectivity index (χ2n) is 6.23. The summed E-state index contributed by atoms with van der Waals surface area (Å²) in [4.78, 5) is 0. The van der Waals surface area contributed by atoms with Crippen LogP contribution in [-0.4, -0.2) is 0 Å². The largest absolute Gasteiger partial charge is 1.00 e. The molecule has 0 aromatic heterocycles. The number of rotatable bonds is 2. The van der Waals surface area contributed by atoms with Crippen LogP contribution < -0.4 is 51.4 Å². The minimum atomic E-state index is 0. The summed E-state index contributed by atoms with van der Waals surface area (Å²) in [7, 11) is 0. The smallest absolute Gasteiger partial charge is 0.343 e. The normalized spacial score (nSPS) is 17.1. The fourth-order valence-corrected chi connectivity index (χ4v) is 1.84. The molecule has 0 aliphatic heterocycles. The Kier molecular flexibility index (Phi) is 8.22. The van der Waals surface area contributed by atoms with Gasteiger partial charge in [-0.15, -0.1) is 0 Å². The van der Waals surface area contributed by atoms with Gasteiger partial charge in [-0.1, -0.05) is 52.9 Å². The van der Waals surface area contributed by atoms with Crippen LogP contribution in [0, 0.1) is 36.5 Å². The van der Waals surface area contributed by atoms with Crippen molar-refractivity contribution < 1.29 is 51.4 Å². The Bertz CT molecular complexity index is 148. The van der Waals surface area contributed by atoms with E-state index in [1.54, 1.807) is 0 Å². The molecule has 0 rings (SSSR count). The predicted molar refractivity (Wildman–Crippen MR) is 61.2 cm³/mol. The van der Waals surface area contributed by atoms with Crippen LogP contribution in [0.2, 0.25) is 0 Å². The van der Waals surface area contributed by atoms with E-state index in [2.05, 4.69) is 55.4 Å². The summed E-state index contributed by atoms with van der Waals surface area (Å²) in [5, 5.41) is 0. The van der Waals surface area contributed by atoms with Gasteiger partial charge in [0.2, 0.25) is 0 Å². The van der Waals surface area contributed by atoms with Crippen LogP contribution in [-0.2, 0) is 0 Å². The van der Waals surface area contributed by atoms with Crippen molar-refractivity contribution in [1.29, 1.82) is 0 Å². The summed E-state index contributed by atoms with van der Waals surface area (Å²) >= 11 is 0. The molecule has 0 saturated carbocycles. The first-order valence-electron chi connectivity index (χ1n) is 5.23. The van der Waals surface area contributed by atoms with Gasteiger partial charge in [-0.05, 0) is 5.41 Å². The monoisotopic (exact) mass is 221 g/mol. The molecule has 2 atom stereocenters. The molecule has 0 nitrogen and oxygen atoms in total. The fourth-order valence-electron chi connectivity index (χ4n) is 1.84. The van der Waals surface area contributed by atoms with Gasteiger partial charge in [0.1, 0.15) is 0 Å². The number of hydrogen-bond donors (Lipinski definition) is 0. The van der Waals surface area contributed by atoms with Crippen LogP contribution in [0.15, 0.2) is 0 Å². The third kappa shape index (κ3) is 5.65. The van der Waals surface area contributed by atoms with Gasteiger partial charge in [0.15, 0.2) is 0 Å². The minimum Gasteiger partial charge on any atom is -0.343 e. The first-order valence-corrected chi connectivity index (χ1v) is 5.23. The van der Waals surface area contributed by atoms with Gasteiger partial charge in [0.05, 0.1) is 0 Å². The topological polar surface area (TPSA) is 0 Å². The average molecular weight is 221 g/mol. The zero-order valence-corrected chi connectivity index (χ0v) is 14.4. The zero-order chi connectivity index (χ0) is 10.9. The molecule has 0 N–H and O–H groups in total. The molecule has 0 spiro atoms. The van der Waals surface area contributed by atoms with Gasteiger partial charge in [-0.3, -0.25) is 0 Å². The van der Waals surface area contributed by atoms with E-state index in [9.17, 15) is 0 Å². The maximum atomic E-state index is 4.31. The Labute approximate surface area is 134 Å². The molecule has 0 heterocycles. The van der Waals surface area contributed by atoms with Gasteiger partial charge in [-0.2, -0.15) is 12.3 Å². The molecule has 0 radical (unpaired) electrons. The summed E-state index contributed by atoms with van der Waals surface area (Å²) < 4.78 is 0. The summed E-state index contributed by atoms with van der Waals surface area (Å²) in [6, 6.07) is 0. The summed E-state index contributed by atoms with van der Waals surface area (Å²) in [5.74, 6) is 1.08. The Morgan fingerprint density at radius 3 is 1.36 bits per heavy atom. The van der Waals surface area contributed by atoms with E-state index in [0.717, 1.165) is 6.42 Å². The molecule has 0 fully saturated rings. The van der Waals surface area contributed by atoms with Crippen molar-refractivity contribution >= 4 is 0 Å². The van der Waals surface area contributed by atoms with Gasteiger partial charge < -0.3 is 13.8 Å². The number of hydrogen-bond acceptors (Lipinski definition) is 0. The molecule has 1 heteroatoms. The van der Waals surface area contributed by atoms with E-state index >= 15 is 0 Å². The fraction of sp³-hybridized carbons (Fsp3) is 0.846. The van der Waals surface area contributed by atoms with E-state index in [4.69, 9.17) is 0 Å². The molecular formula is C13H26K-. The van der Waals surface area contributed by atoms with E-state index in [1.165, 1.54) is 0 Å². The summed E-state index contributed by atoms with van der Waals surface area (Å²) in [6.45, 7) is 22.0. The van der Waals surface area contributed by atoms with Crippen LogP contribution >= 0.6 is 0 Å². The molecule has 0 saturated heterocycles. The predicted octanol–water partition coefficient (Wildman–Crippen LogP) is 1.37. The standard InChI is InChI=1S/C13H26.K/c1-9-11(13(6,7)8)10(2)12(3,4)5;/h10-11H,1-2,9H2,3-8H3;/q-2;+1. The molecule has 14 heavy (non-hydrogen) atoms.